The van der Waals surface area contributed by atoms with Crippen molar-refractivity contribution in [2.24, 2.45) is 0 Å². The fraction of sp³-hybridized carbons (Fsp3) is 0.280. The second-order valence-electron chi connectivity index (χ2n) is 8.11. The zero-order valence-corrected chi connectivity index (χ0v) is 18.1. The zero-order chi connectivity index (χ0) is 21.9. The van der Waals surface area contributed by atoms with Gasteiger partial charge in [-0.05, 0) is 36.8 Å². The van der Waals surface area contributed by atoms with Gasteiger partial charge in [0.15, 0.2) is 0 Å². The van der Waals surface area contributed by atoms with Crippen LogP contribution in [-0.2, 0) is 6.54 Å². The van der Waals surface area contributed by atoms with Gasteiger partial charge < -0.3 is 9.47 Å². The van der Waals surface area contributed by atoms with Gasteiger partial charge in [-0.2, -0.15) is 5.26 Å². The Bertz CT molecular complexity index is 1240. The molecule has 0 spiro atoms. The number of nitrogens with zero attached hydrogens (tertiary/aromatic N) is 7. The Kier molecular flexibility index (Phi) is 5.53. The number of imidazole rings is 1. The third-order valence-corrected chi connectivity index (χ3v) is 6.13. The number of aromatic nitrogens is 4. The van der Waals surface area contributed by atoms with Crippen LogP contribution < -0.4 is 4.90 Å². The molecule has 2 aromatic heterocycles. The predicted octanol–water partition coefficient (Wildman–Crippen LogP) is 3.63. The number of benzene rings is 2. The van der Waals surface area contributed by atoms with E-state index in [1.165, 1.54) is 5.56 Å². The number of nitriles is 1. The van der Waals surface area contributed by atoms with Gasteiger partial charge in [0.1, 0.15) is 5.82 Å². The second-order valence-corrected chi connectivity index (χ2v) is 8.11. The number of anilines is 1. The van der Waals surface area contributed by atoms with E-state index < -0.39 is 0 Å². The predicted molar refractivity (Wildman–Crippen MR) is 124 cm³/mol. The largest absolute Gasteiger partial charge is 0.338 e. The first kappa shape index (κ1) is 20.2. The lowest BCUT2D eigenvalue weighted by molar-refractivity contribution is 0.239. The Morgan fingerprint density at radius 3 is 2.44 bits per heavy atom. The van der Waals surface area contributed by atoms with Crippen molar-refractivity contribution in [3.8, 4) is 6.07 Å². The first-order valence-electron chi connectivity index (χ1n) is 10.9. The Balaban J connectivity index is 1.43. The van der Waals surface area contributed by atoms with Crippen LogP contribution in [0.25, 0.3) is 11.0 Å². The van der Waals surface area contributed by atoms with E-state index in [1.54, 1.807) is 12.4 Å². The first-order chi connectivity index (χ1) is 15.7. The lowest BCUT2D eigenvalue weighted by Crippen LogP contribution is -2.46. The van der Waals surface area contributed by atoms with E-state index in [0.29, 0.717) is 5.56 Å². The molecule has 1 aliphatic rings. The SMILES string of the molecule is C[C@@H](c1ccccc1)n1c(CN2CCN(c3ncccn3)CC2)nc2ccc(C#N)cc21. The van der Waals surface area contributed by atoms with Crippen LogP contribution in [0.1, 0.15) is 29.9 Å². The molecule has 0 bridgehead atoms. The van der Waals surface area contributed by atoms with Gasteiger partial charge in [0.2, 0.25) is 5.95 Å². The molecule has 160 valence electrons. The number of piperazine rings is 1. The molecule has 1 fully saturated rings. The molecule has 1 aliphatic heterocycles. The minimum absolute atomic E-state index is 0.115. The highest BCUT2D eigenvalue weighted by Crippen LogP contribution is 2.28. The summed E-state index contributed by atoms with van der Waals surface area (Å²) < 4.78 is 2.29. The van der Waals surface area contributed by atoms with Crippen LogP contribution in [0, 0.1) is 11.3 Å². The topological polar surface area (TPSA) is 73.9 Å². The Hall–Kier alpha value is -3.76. The molecule has 1 saturated heterocycles. The average Bonchev–Trinajstić information content (AvgIpc) is 3.22. The highest BCUT2D eigenvalue weighted by atomic mass is 15.3. The third kappa shape index (κ3) is 3.93. The molecule has 0 aliphatic carbocycles. The summed E-state index contributed by atoms with van der Waals surface area (Å²) in [5.41, 5.74) is 3.81. The van der Waals surface area contributed by atoms with Crippen molar-refractivity contribution in [1.82, 2.24) is 24.4 Å². The molecule has 0 amide bonds. The Morgan fingerprint density at radius 1 is 0.969 bits per heavy atom. The highest BCUT2D eigenvalue weighted by molar-refractivity contribution is 5.78. The fourth-order valence-corrected chi connectivity index (χ4v) is 4.40. The van der Waals surface area contributed by atoms with Crippen molar-refractivity contribution < 1.29 is 0 Å². The number of hydrogen-bond acceptors (Lipinski definition) is 6. The fourth-order valence-electron chi connectivity index (χ4n) is 4.40. The van der Waals surface area contributed by atoms with Gasteiger partial charge in [-0.3, -0.25) is 4.90 Å². The molecule has 0 unspecified atom stereocenters. The summed E-state index contributed by atoms with van der Waals surface area (Å²) in [4.78, 5) is 18.4. The van der Waals surface area contributed by atoms with Crippen molar-refractivity contribution >= 4 is 17.0 Å². The molecule has 0 N–H and O–H groups in total. The van der Waals surface area contributed by atoms with Crippen LogP contribution in [0.3, 0.4) is 0 Å². The maximum atomic E-state index is 9.43. The molecule has 32 heavy (non-hydrogen) atoms. The standard InChI is InChI=1S/C25H25N7/c1-19(21-6-3-2-4-7-21)32-23-16-20(17-26)8-9-22(23)29-24(32)18-30-12-14-31(15-13-30)25-27-10-5-11-28-25/h2-11,16,19H,12-15,18H2,1H3/t19-/m0/s1. The smallest absolute Gasteiger partial charge is 0.225 e. The highest BCUT2D eigenvalue weighted by Gasteiger charge is 2.23. The third-order valence-electron chi connectivity index (χ3n) is 6.13. The molecular formula is C25H25N7. The van der Waals surface area contributed by atoms with Gasteiger partial charge in [0, 0.05) is 38.6 Å². The van der Waals surface area contributed by atoms with E-state index in [9.17, 15) is 5.26 Å². The molecule has 7 heteroatoms. The monoisotopic (exact) mass is 423 g/mol. The van der Waals surface area contributed by atoms with Gasteiger partial charge >= 0.3 is 0 Å². The molecular weight excluding hydrogens is 398 g/mol. The van der Waals surface area contributed by atoms with Crippen LogP contribution in [-0.4, -0.2) is 50.6 Å². The van der Waals surface area contributed by atoms with Crippen molar-refractivity contribution in [2.45, 2.75) is 19.5 Å². The molecule has 5 rings (SSSR count). The number of fused-ring (bicyclic) bond motifs is 1. The normalized spacial score (nSPS) is 15.6. The zero-order valence-electron chi connectivity index (χ0n) is 18.1. The molecule has 0 saturated carbocycles. The average molecular weight is 424 g/mol. The van der Waals surface area contributed by atoms with E-state index in [0.717, 1.165) is 55.5 Å². The maximum absolute atomic E-state index is 9.43. The van der Waals surface area contributed by atoms with Gasteiger partial charge in [0.05, 0.1) is 35.3 Å². The second kappa shape index (κ2) is 8.77. The summed E-state index contributed by atoms with van der Waals surface area (Å²) in [7, 11) is 0. The van der Waals surface area contributed by atoms with E-state index in [2.05, 4.69) is 61.6 Å². The first-order valence-corrected chi connectivity index (χ1v) is 10.9. The van der Waals surface area contributed by atoms with E-state index >= 15 is 0 Å². The van der Waals surface area contributed by atoms with Crippen molar-refractivity contribution in [2.75, 3.05) is 31.1 Å². The van der Waals surface area contributed by atoms with Crippen LogP contribution in [0.15, 0.2) is 67.0 Å². The Labute approximate surface area is 187 Å². The number of hydrogen-bond donors (Lipinski definition) is 0. The van der Waals surface area contributed by atoms with Crippen molar-refractivity contribution in [3.63, 3.8) is 0 Å². The summed E-state index contributed by atoms with van der Waals surface area (Å²) in [6.45, 7) is 6.57. The quantitative estimate of drug-likeness (QED) is 0.488. The number of rotatable bonds is 5. The van der Waals surface area contributed by atoms with Crippen LogP contribution in [0.4, 0.5) is 5.95 Å². The van der Waals surface area contributed by atoms with Crippen LogP contribution in [0.2, 0.25) is 0 Å². The van der Waals surface area contributed by atoms with Gasteiger partial charge in [-0.25, -0.2) is 15.0 Å². The molecule has 4 aromatic rings. The van der Waals surface area contributed by atoms with Gasteiger partial charge in [-0.15, -0.1) is 0 Å². The molecule has 2 aromatic carbocycles. The summed E-state index contributed by atoms with van der Waals surface area (Å²) >= 11 is 0. The van der Waals surface area contributed by atoms with Crippen molar-refractivity contribution in [3.05, 3.63) is 83.9 Å². The Morgan fingerprint density at radius 2 is 1.72 bits per heavy atom. The lowest BCUT2D eigenvalue weighted by atomic mass is 10.1. The van der Waals surface area contributed by atoms with E-state index in [4.69, 9.17) is 4.98 Å². The van der Waals surface area contributed by atoms with E-state index in [1.807, 2.05) is 30.3 Å². The van der Waals surface area contributed by atoms with Gasteiger partial charge in [0.25, 0.3) is 0 Å². The van der Waals surface area contributed by atoms with Crippen LogP contribution in [0.5, 0.6) is 0 Å². The summed E-state index contributed by atoms with van der Waals surface area (Å²) in [5, 5.41) is 9.43. The molecule has 7 nitrogen and oxygen atoms in total. The minimum atomic E-state index is 0.115. The van der Waals surface area contributed by atoms with Crippen molar-refractivity contribution in [1.29, 1.82) is 5.26 Å². The molecule has 0 radical (unpaired) electrons. The van der Waals surface area contributed by atoms with Gasteiger partial charge in [-0.1, -0.05) is 30.3 Å². The van der Waals surface area contributed by atoms with Crippen LogP contribution >= 0.6 is 0 Å². The molecule has 1 atom stereocenters. The maximum Gasteiger partial charge on any atom is 0.225 e. The molecule has 3 heterocycles. The summed E-state index contributed by atoms with van der Waals surface area (Å²) in [6.07, 6.45) is 3.58. The minimum Gasteiger partial charge on any atom is -0.338 e. The lowest BCUT2D eigenvalue weighted by Gasteiger charge is -2.34. The summed E-state index contributed by atoms with van der Waals surface area (Å²) in [5.74, 6) is 1.82. The summed E-state index contributed by atoms with van der Waals surface area (Å²) in [6, 6.07) is 20.4. The van der Waals surface area contributed by atoms with E-state index in [-0.39, 0.29) is 6.04 Å².